The van der Waals surface area contributed by atoms with Crippen LogP contribution in [-0.2, 0) is 15.0 Å². The summed E-state index contributed by atoms with van der Waals surface area (Å²) in [5.74, 6) is -0.943. The number of hydrogen-bond acceptors (Lipinski definition) is 2. The zero-order chi connectivity index (χ0) is 17.1. The van der Waals surface area contributed by atoms with Crippen LogP contribution in [0.15, 0.2) is 30.3 Å². The Hall–Kier alpha value is -1.84. The van der Waals surface area contributed by atoms with Gasteiger partial charge in [-0.25, -0.2) is 0 Å². The van der Waals surface area contributed by atoms with Gasteiger partial charge >= 0.3 is 5.97 Å². The average molecular weight is 317 g/mol. The Bertz CT molecular complexity index is 567. The van der Waals surface area contributed by atoms with Crippen LogP contribution in [0.4, 0.5) is 0 Å². The van der Waals surface area contributed by atoms with Gasteiger partial charge in [-0.05, 0) is 37.2 Å². The molecule has 2 rings (SSSR count). The lowest BCUT2D eigenvalue weighted by atomic mass is 9.72. The second-order valence-corrected chi connectivity index (χ2v) is 7.68. The van der Waals surface area contributed by atoms with Crippen molar-refractivity contribution in [3.63, 3.8) is 0 Å². The van der Waals surface area contributed by atoms with E-state index in [9.17, 15) is 14.7 Å². The fraction of sp³-hybridized carbons (Fsp3) is 0.579. The van der Waals surface area contributed by atoms with Gasteiger partial charge in [0.15, 0.2) is 0 Å². The van der Waals surface area contributed by atoms with E-state index in [2.05, 4.69) is 19.2 Å². The van der Waals surface area contributed by atoms with Crippen molar-refractivity contribution in [2.45, 2.75) is 51.9 Å². The Morgan fingerprint density at radius 1 is 1.30 bits per heavy atom. The highest BCUT2D eigenvalue weighted by molar-refractivity contribution is 5.84. The summed E-state index contributed by atoms with van der Waals surface area (Å²) in [6, 6.07) is 9.09. The van der Waals surface area contributed by atoms with Crippen LogP contribution in [0.25, 0.3) is 0 Å². The van der Waals surface area contributed by atoms with Crippen LogP contribution in [0.3, 0.4) is 0 Å². The zero-order valence-corrected chi connectivity index (χ0v) is 14.3. The molecule has 1 saturated carbocycles. The van der Waals surface area contributed by atoms with Gasteiger partial charge in [-0.2, -0.15) is 0 Å². The first kappa shape index (κ1) is 17.5. The second kappa shape index (κ2) is 6.73. The molecule has 0 spiro atoms. The van der Waals surface area contributed by atoms with Crippen LogP contribution >= 0.6 is 0 Å². The molecule has 1 aliphatic carbocycles. The zero-order valence-electron chi connectivity index (χ0n) is 14.3. The minimum Gasteiger partial charge on any atom is -0.481 e. The largest absolute Gasteiger partial charge is 0.481 e. The summed E-state index contributed by atoms with van der Waals surface area (Å²) in [5.41, 5.74) is -0.214. The number of hydrogen-bond donors (Lipinski definition) is 2. The third kappa shape index (κ3) is 4.12. The third-order valence-corrected chi connectivity index (χ3v) is 5.08. The number of benzene rings is 1. The minimum atomic E-state index is -1.11. The SMILES string of the molecule is CC1(C)CCCC(C(=O)NCC(C)(C(=O)O)c2ccccc2)C1. The molecule has 126 valence electrons. The van der Waals surface area contributed by atoms with Crippen molar-refractivity contribution < 1.29 is 14.7 Å². The van der Waals surface area contributed by atoms with E-state index in [4.69, 9.17) is 0 Å². The maximum Gasteiger partial charge on any atom is 0.315 e. The van der Waals surface area contributed by atoms with E-state index in [1.807, 2.05) is 18.2 Å². The number of carboxylic acid groups (broad SMARTS) is 1. The third-order valence-electron chi connectivity index (χ3n) is 5.08. The molecule has 0 heterocycles. The maximum atomic E-state index is 12.5. The Kier molecular flexibility index (Phi) is 5.12. The summed E-state index contributed by atoms with van der Waals surface area (Å²) < 4.78 is 0. The normalized spacial score (nSPS) is 22.8. The molecule has 2 atom stereocenters. The standard InChI is InChI=1S/C19H27NO3/c1-18(2)11-7-8-14(12-18)16(21)20-13-19(3,17(22)23)15-9-5-4-6-10-15/h4-6,9-10,14H,7-8,11-13H2,1-3H3,(H,20,21)(H,22,23). The van der Waals surface area contributed by atoms with Crippen LogP contribution in [0.2, 0.25) is 0 Å². The molecule has 4 heteroatoms. The fourth-order valence-corrected chi connectivity index (χ4v) is 3.44. The summed E-state index contributed by atoms with van der Waals surface area (Å²) in [5, 5.41) is 12.5. The predicted molar refractivity (Wildman–Crippen MR) is 90.2 cm³/mol. The van der Waals surface area contributed by atoms with E-state index < -0.39 is 11.4 Å². The number of rotatable bonds is 5. The molecule has 4 nitrogen and oxygen atoms in total. The predicted octanol–water partition coefficient (Wildman–Crippen LogP) is 3.36. The van der Waals surface area contributed by atoms with Gasteiger partial charge in [0.05, 0.1) is 0 Å². The number of aliphatic carboxylic acids is 1. The molecule has 1 aromatic carbocycles. The van der Waals surface area contributed by atoms with Crippen molar-refractivity contribution in [3.05, 3.63) is 35.9 Å². The summed E-state index contributed by atoms with van der Waals surface area (Å²) in [6.07, 6.45) is 3.96. The molecule has 0 radical (unpaired) electrons. The van der Waals surface area contributed by atoms with Crippen LogP contribution in [0.5, 0.6) is 0 Å². The molecule has 1 aliphatic rings. The molecule has 1 aromatic rings. The lowest BCUT2D eigenvalue weighted by Gasteiger charge is -2.35. The number of amides is 1. The highest BCUT2D eigenvalue weighted by atomic mass is 16.4. The maximum absolute atomic E-state index is 12.5. The van der Waals surface area contributed by atoms with Crippen LogP contribution in [0, 0.1) is 11.3 Å². The van der Waals surface area contributed by atoms with Crippen LogP contribution in [-0.4, -0.2) is 23.5 Å². The first-order chi connectivity index (χ1) is 10.7. The van der Waals surface area contributed by atoms with Gasteiger partial charge in [-0.3, -0.25) is 9.59 Å². The number of carboxylic acids is 1. The number of carbonyl (C=O) groups excluding carboxylic acids is 1. The molecule has 1 amide bonds. The summed E-state index contributed by atoms with van der Waals surface area (Å²) in [6.45, 7) is 6.16. The van der Waals surface area contributed by atoms with Gasteiger partial charge in [0.2, 0.25) is 5.91 Å². The highest BCUT2D eigenvalue weighted by Gasteiger charge is 2.37. The fourth-order valence-electron chi connectivity index (χ4n) is 3.44. The van der Waals surface area contributed by atoms with E-state index >= 15 is 0 Å². The van der Waals surface area contributed by atoms with Gasteiger partial charge in [-0.1, -0.05) is 50.6 Å². The Morgan fingerprint density at radius 3 is 2.52 bits per heavy atom. The Labute approximate surface area is 138 Å². The number of carbonyl (C=O) groups is 2. The van der Waals surface area contributed by atoms with Crippen molar-refractivity contribution in [2.75, 3.05) is 6.54 Å². The van der Waals surface area contributed by atoms with Crippen molar-refractivity contribution >= 4 is 11.9 Å². The molecule has 1 fully saturated rings. The van der Waals surface area contributed by atoms with Crippen LogP contribution < -0.4 is 5.32 Å². The highest BCUT2D eigenvalue weighted by Crippen LogP contribution is 2.38. The molecule has 0 aliphatic heterocycles. The van der Waals surface area contributed by atoms with E-state index in [0.717, 1.165) is 25.7 Å². The molecule has 0 saturated heterocycles. The van der Waals surface area contributed by atoms with Gasteiger partial charge < -0.3 is 10.4 Å². The molecule has 0 aromatic heterocycles. The Morgan fingerprint density at radius 2 is 1.96 bits per heavy atom. The first-order valence-electron chi connectivity index (χ1n) is 8.31. The molecule has 0 bridgehead atoms. The minimum absolute atomic E-state index is 0.00688. The lowest BCUT2D eigenvalue weighted by molar-refractivity contribution is -0.143. The topological polar surface area (TPSA) is 66.4 Å². The van der Waals surface area contributed by atoms with E-state index in [0.29, 0.717) is 5.56 Å². The van der Waals surface area contributed by atoms with Gasteiger partial charge in [0.1, 0.15) is 5.41 Å². The van der Waals surface area contributed by atoms with Crippen molar-refractivity contribution in [3.8, 4) is 0 Å². The molecular weight excluding hydrogens is 290 g/mol. The molecule has 23 heavy (non-hydrogen) atoms. The van der Waals surface area contributed by atoms with E-state index in [1.165, 1.54) is 0 Å². The average Bonchev–Trinajstić information content (AvgIpc) is 2.52. The summed E-state index contributed by atoms with van der Waals surface area (Å²) >= 11 is 0. The van der Waals surface area contributed by atoms with E-state index in [1.54, 1.807) is 19.1 Å². The van der Waals surface area contributed by atoms with Crippen molar-refractivity contribution in [1.29, 1.82) is 0 Å². The monoisotopic (exact) mass is 317 g/mol. The van der Waals surface area contributed by atoms with Gasteiger partial charge in [-0.15, -0.1) is 0 Å². The molecular formula is C19H27NO3. The van der Waals surface area contributed by atoms with Gasteiger partial charge in [0, 0.05) is 12.5 Å². The van der Waals surface area contributed by atoms with E-state index in [-0.39, 0.29) is 23.8 Å². The van der Waals surface area contributed by atoms with Crippen molar-refractivity contribution in [2.24, 2.45) is 11.3 Å². The lowest BCUT2D eigenvalue weighted by Crippen LogP contribution is -2.46. The van der Waals surface area contributed by atoms with Crippen LogP contribution in [0.1, 0.15) is 52.0 Å². The smallest absolute Gasteiger partial charge is 0.315 e. The molecule has 2 unspecified atom stereocenters. The first-order valence-corrected chi connectivity index (χ1v) is 8.31. The second-order valence-electron chi connectivity index (χ2n) is 7.68. The molecule has 2 N–H and O–H groups in total. The van der Waals surface area contributed by atoms with Gasteiger partial charge in [0.25, 0.3) is 0 Å². The quantitative estimate of drug-likeness (QED) is 0.875. The number of nitrogens with one attached hydrogen (secondary N) is 1. The van der Waals surface area contributed by atoms with Crippen molar-refractivity contribution in [1.82, 2.24) is 5.32 Å². The summed E-state index contributed by atoms with van der Waals surface area (Å²) in [7, 11) is 0. The summed E-state index contributed by atoms with van der Waals surface area (Å²) in [4.78, 5) is 24.2. The Balaban J connectivity index is 2.05.